The van der Waals surface area contributed by atoms with E-state index in [0.29, 0.717) is 6.42 Å². The number of carbonyl (C=O) groups is 1. The first-order valence-electron chi connectivity index (χ1n) is 5.30. The highest BCUT2D eigenvalue weighted by Gasteiger charge is 2.46. The van der Waals surface area contributed by atoms with Crippen LogP contribution in [0.2, 0.25) is 0 Å². The standard InChI is InChI=1S/C12H16O3/c1-3-4-5-11-14-10-8-9(13)6-7-12(10,2)15-11/h3,6-7,10-11H,1,4-5,8H2,2H3/t10-,11+,12+/m0/s1. The summed E-state index contributed by atoms with van der Waals surface area (Å²) in [5, 5.41) is 0. The molecule has 2 aliphatic rings. The van der Waals surface area contributed by atoms with Crippen molar-refractivity contribution in [1.82, 2.24) is 0 Å². The minimum atomic E-state index is -0.417. The molecule has 0 N–H and O–H groups in total. The summed E-state index contributed by atoms with van der Waals surface area (Å²) in [5.41, 5.74) is -0.417. The average Bonchev–Trinajstić information content (AvgIpc) is 2.52. The van der Waals surface area contributed by atoms with E-state index in [0.717, 1.165) is 12.8 Å². The Balaban J connectivity index is 2.03. The molecule has 2 rings (SSSR count). The van der Waals surface area contributed by atoms with Gasteiger partial charge in [-0.1, -0.05) is 6.08 Å². The van der Waals surface area contributed by atoms with Crippen LogP contribution in [0.1, 0.15) is 26.2 Å². The summed E-state index contributed by atoms with van der Waals surface area (Å²) >= 11 is 0. The smallest absolute Gasteiger partial charge is 0.159 e. The quantitative estimate of drug-likeness (QED) is 0.665. The van der Waals surface area contributed by atoms with E-state index in [1.54, 1.807) is 6.08 Å². The predicted molar refractivity (Wildman–Crippen MR) is 56.3 cm³/mol. The molecule has 1 fully saturated rings. The number of carbonyl (C=O) groups excluding carboxylic acids is 1. The Morgan fingerprint density at radius 3 is 3.27 bits per heavy atom. The molecule has 0 aromatic heterocycles. The summed E-state index contributed by atoms with van der Waals surface area (Å²) in [6.45, 7) is 5.63. The molecule has 0 aromatic carbocycles. The van der Waals surface area contributed by atoms with Crippen LogP contribution in [-0.4, -0.2) is 23.8 Å². The van der Waals surface area contributed by atoms with E-state index in [4.69, 9.17) is 9.47 Å². The van der Waals surface area contributed by atoms with Crippen LogP contribution in [-0.2, 0) is 14.3 Å². The number of allylic oxidation sites excluding steroid dienone is 2. The van der Waals surface area contributed by atoms with Crippen LogP contribution in [0.3, 0.4) is 0 Å². The van der Waals surface area contributed by atoms with E-state index >= 15 is 0 Å². The van der Waals surface area contributed by atoms with E-state index in [-0.39, 0.29) is 18.2 Å². The van der Waals surface area contributed by atoms with Crippen molar-refractivity contribution in [2.24, 2.45) is 0 Å². The van der Waals surface area contributed by atoms with Crippen molar-refractivity contribution in [3.05, 3.63) is 24.8 Å². The number of ketones is 1. The Kier molecular flexibility index (Phi) is 2.76. The average molecular weight is 208 g/mol. The molecule has 0 amide bonds. The summed E-state index contributed by atoms with van der Waals surface area (Å²) in [6, 6.07) is 0. The van der Waals surface area contributed by atoms with Crippen molar-refractivity contribution in [3.8, 4) is 0 Å². The van der Waals surface area contributed by atoms with Gasteiger partial charge in [0, 0.05) is 12.8 Å². The SMILES string of the molecule is C=CCC[C@@H]1O[C@H]2CC(=O)C=C[C@@]2(C)O1. The molecule has 1 heterocycles. The molecule has 15 heavy (non-hydrogen) atoms. The van der Waals surface area contributed by atoms with Crippen LogP contribution < -0.4 is 0 Å². The molecule has 0 saturated carbocycles. The minimum absolute atomic E-state index is 0.116. The normalized spacial score (nSPS) is 39.1. The third-order valence-electron chi connectivity index (χ3n) is 2.93. The number of ether oxygens (including phenoxy) is 2. The fourth-order valence-corrected chi connectivity index (χ4v) is 1.99. The van der Waals surface area contributed by atoms with Crippen molar-refractivity contribution in [3.63, 3.8) is 0 Å². The summed E-state index contributed by atoms with van der Waals surface area (Å²) in [5.74, 6) is 0.116. The number of hydrogen-bond donors (Lipinski definition) is 0. The highest BCUT2D eigenvalue weighted by Crippen LogP contribution is 2.37. The summed E-state index contributed by atoms with van der Waals surface area (Å²) in [6.07, 6.45) is 7.03. The third kappa shape index (κ3) is 2.03. The fourth-order valence-electron chi connectivity index (χ4n) is 1.99. The summed E-state index contributed by atoms with van der Waals surface area (Å²) in [4.78, 5) is 11.2. The summed E-state index contributed by atoms with van der Waals surface area (Å²) in [7, 11) is 0. The number of fused-ring (bicyclic) bond motifs is 1. The van der Waals surface area contributed by atoms with E-state index in [9.17, 15) is 4.79 Å². The molecule has 1 aliphatic heterocycles. The van der Waals surface area contributed by atoms with Crippen LogP contribution in [0.25, 0.3) is 0 Å². The van der Waals surface area contributed by atoms with Gasteiger partial charge in [0.1, 0.15) is 11.7 Å². The lowest BCUT2D eigenvalue weighted by Gasteiger charge is -2.27. The molecule has 1 aliphatic carbocycles. The van der Waals surface area contributed by atoms with E-state index in [1.807, 2.05) is 19.1 Å². The maximum absolute atomic E-state index is 11.2. The Morgan fingerprint density at radius 2 is 2.53 bits per heavy atom. The molecule has 0 radical (unpaired) electrons. The highest BCUT2D eigenvalue weighted by molar-refractivity contribution is 5.91. The predicted octanol–water partition coefficient (Wildman–Crippen LogP) is 1.98. The van der Waals surface area contributed by atoms with Crippen LogP contribution in [0.5, 0.6) is 0 Å². The molecular weight excluding hydrogens is 192 g/mol. The molecule has 1 saturated heterocycles. The summed E-state index contributed by atoms with van der Waals surface area (Å²) < 4.78 is 11.5. The molecule has 3 atom stereocenters. The Hall–Kier alpha value is -0.930. The molecule has 0 aromatic rings. The van der Waals surface area contributed by atoms with E-state index in [2.05, 4.69) is 6.58 Å². The molecule has 82 valence electrons. The monoisotopic (exact) mass is 208 g/mol. The molecule has 0 spiro atoms. The lowest BCUT2D eigenvalue weighted by Crippen LogP contribution is -2.38. The first kappa shape index (κ1) is 10.6. The maximum Gasteiger partial charge on any atom is 0.159 e. The van der Waals surface area contributed by atoms with Gasteiger partial charge in [-0.25, -0.2) is 0 Å². The van der Waals surface area contributed by atoms with Crippen LogP contribution in [0, 0.1) is 0 Å². The fraction of sp³-hybridized carbons (Fsp3) is 0.583. The van der Waals surface area contributed by atoms with Gasteiger partial charge in [0.15, 0.2) is 12.1 Å². The van der Waals surface area contributed by atoms with Crippen molar-refractivity contribution in [1.29, 1.82) is 0 Å². The Labute approximate surface area is 89.8 Å². The van der Waals surface area contributed by atoms with Gasteiger partial charge in [0.2, 0.25) is 0 Å². The van der Waals surface area contributed by atoms with Gasteiger partial charge in [0.25, 0.3) is 0 Å². The number of hydrogen-bond acceptors (Lipinski definition) is 3. The zero-order valence-corrected chi connectivity index (χ0v) is 8.94. The number of rotatable bonds is 3. The van der Waals surface area contributed by atoms with Crippen molar-refractivity contribution < 1.29 is 14.3 Å². The highest BCUT2D eigenvalue weighted by atomic mass is 16.7. The molecule has 3 heteroatoms. The van der Waals surface area contributed by atoms with Gasteiger partial charge >= 0.3 is 0 Å². The largest absolute Gasteiger partial charge is 0.346 e. The first-order valence-corrected chi connectivity index (χ1v) is 5.30. The van der Waals surface area contributed by atoms with Crippen molar-refractivity contribution in [2.75, 3.05) is 0 Å². The Bertz CT molecular complexity index is 308. The minimum Gasteiger partial charge on any atom is -0.346 e. The van der Waals surface area contributed by atoms with Gasteiger partial charge < -0.3 is 9.47 Å². The van der Waals surface area contributed by atoms with E-state index < -0.39 is 5.60 Å². The molecule has 0 unspecified atom stereocenters. The van der Waals surface area contributed by atoms with E-state index in [1.165, 1.54) is 0 Å². The zero-order valence-electron chi connectivity index (χ0n) is 8.94. The van der Waals surface area contributed by atoms with Crippen LogP contribution in [0.4, 0.5) is 0 Å². The molecular formula is C12H16O3. The van der Waals surface area contributed by atoms with Gasteiger partial charge in [0.05, 0.1) is 0 Å². The second-order valence-corrected chi connectivity index (χ2v) is 4.23. The second-order valence-electron chi connectivity index (χ2n) is 4.23. The zero-order chi connectivity index (χ0) is 10.9. The van der Waals surface area contributed by atoms with Gasteiger partial charge in [-0.05, 0) is 25.5 Å². The first-order chi connectivity index (χ1) is 7.14. The lowest BCUT2D eigenvalue weighted by atomic mass is 9.89. The lowest BCUT2D eigenvalue weighted by molar-refractivity contribution is -0.118. The van der Waals surface area contributed by atoms with Crippen LogP contribution in [0.15, 0.2) is 24.8 Å². The van der Waals surface area contributed by atoms with Crippen LogP contribution >= 0.6 is 0 Å². The van der Waals surface area contributed by atoms with Gasteiger partial charge in [-0.3, -0.25) is 4.79 Å². The topological polar surface area (TPSA) is 35.5 Å². The third-order valence-corrected chi connectivity index (χ3v) is 2.93. The van der Waals surface area contributed by atoms with Crippen molar-refractivity contribution >= 4 is 5.78 Å². The van der Waals surface area contributed by atoms with Gasteiger partial charge in [-0.15, -0.1) is 6.58 Å². The van der Waals surface area contributed by atoms with Gasteiger partial charge in [-0.2, -0.15) is 0 Å². The molecule has 0 bridgehead atoms. The van der Waals surface area contributed by atoms with Crippen molar-refractivity contribution in [2.45, 2.75) is 44.2 Å². The molecule has 3 nitrogen and oxygen atoms in total. The maximum atomic E-state index is 11.2. The Morgan fingerprint density at radius 1 is 1.73 bits per heavy atom. The second kappa shape index (κ2) is 3.91.